The minimum atomic E-state index is -0.640. The van der Waals surface area contributed by atoms with Crippen LogP contribution in [0, 0.1) is 0 Å². The van der Waals surface area contributed by atoms with Gasteiger partial charge in [-0.25, -0.2) is 4.79 Å². The number of nitrogens with zero attached hydrogens (tertiary/aromatic N) is 1. The number of benzene rings is 1. The van der Waals surface area contributed by atoms with Crippen LogP contribution in [0.15, 0.2) is 36.4 Å². The van der Waals surface area contributed by atoms with E-state index in [0.29, 0.717) is 37.7 Å². The normalized spacial score (nSPS) is 24.1. The van der Waals surface area contributed by atoms with Crippen LogP contribution in [0.2, 0.25) is 0 Å². The number of nitrogens with one attached hydrogen (secondary N) is 2. The zero-order chi connectivity index (χ0) is 20.6. The van der Waals surface area contributed by atoms with E-state index in [2.05, 4.69) is 10.6 Å². The van der Waals surface area contributed by atoms with Crippen molar-refractivity contribution in [1.29, 1.82) is 0 Å². The summed E-state index contributed by atoms with van der Waals surface area (Å²) in [6, 6.07) is 6.04. The molecule has 3 amide bonds. The van der Waals surface area contributed by atoms with Crippen LogP contribution in [-0.2, 0) is 14.3 Å². The molecule has 1 aromatic rings. The maximum absolute atomic E-state index is 12.4. The Balaban J connectivity index is 1.53. The molecule has 3 N–H and O–H groups in total. The van der Waals surface area contributed by atoms with Crippen LogP contribution >= 0.6 is 0 Å². The summed E-state index contributed by atoms with van der Waals surface area (Å²) in [5, 5.41) is 15.2. The third kappa shape index (κ3) is 5.93. The van der Waals surface area contributed by atoms with E-state index in [1.54, 1.807) is 48.4 Å². The summed E-state index contributed by atoms with van der Waals surface area (Å²) in [6.07, 6.45) is 2.62. The monoisotopic (exact) mass is 405 g/mol. The average Bonchev–Trinajstić information content (AvgIpc) is 2.75. The quantitative estimate of drug-likeness (QED) is 0.603. The summed E-state index contributed by atoms with van der Waals surface area (Å²) >= 11 is 0. The Labute approximate surface area is 169 Å². The molecule has 1 saturated heterocycles. The van der Waals surface area contributed by atoms with Crippen molar-refractivity contribution < 1.29 is 28.9 Å². The van der Waals surface area contributed by atoms with Crippen molar-refractivity contribution in [2.45, 2.75) is 24.7 Å². The number of carbonyl (C=O) groups excluding carboxylic acids is 2. The first-order valence-corrected chi connectivity index (χ1v) is 9.61. The second-order valence-electron chi connectivity index (χ2n) is 6.83. The third-order valence-electron chi connectivity index (χ3n) is 4.83. The van der Waals surface area contributed by atoms with Gasteiger partial charge in [0.15, 0.2) is 0 Å². The number of amides is 3. The molecule has 0 unspecified atom stereocenters. The van der Waals surface area contributed by atoms with Gasteiger partial charge < -0.3 is 34.9 Å². The fraction of sp³-hybridized carbons (Fsp3) is 0.500. The van der Waals surface area contributed by atoms with Crippen molar-refractivity contribution in [3.63, 3.8) is 0 Å². The molecule has 2 aliphatic rings. The van der Waals surface area contributed by atoms with Gasteiger partial charge in [-0.1, -0.05) is 18.2 Å². The Morgan fingerprint density at radius 3 is 2.79 bits per heavy atom. The van der Waals surface area contributed by atoms with E-state index < -0.39 is 24.3 Å². The van der Waals surface area contributed by atoms with E-state index in [0.717, 1.165) is 0 Å². The number of hydrogen-bond donors (Lipinski definition) is 3. The fourth-order valence-electron chi connectivity index (χ4n) is 3.27. The largest absolute Gasteiger partial charge is 0.497 e. The summed E-state index contributed by atoms with van der Waals surface area (Å²) < 4.78 is 16.2. The third-order valence-corrected chi connectivity index (χ3v) is 4.83. The smallest absolute Gasteiger partial charge is 0.319 e. The van der Waals surface area contributed by atoms with Crippen LogP contribution in [0.4, 0.5) is 10.5 Å². The molecular weight excluding hydrogens is 378 g/mol. The molecule has 0 radical (unpaired) electrons. The topological polar surface area (TPSA) is 109 Å². The number of anilines is 1. The van der Waals surface area contributed by atoms with Crippen molar-refractivity contribution in [3.8, 4) is 5.75 Å². The van der Waals surface area contributed by atoms with Crippen LogP contribution in [0.3, 0.4) is 0 Å². The second kappa shape index (κ2) is 10.2. The van der Waals surface area contributed by atoms with Gasteiger partial charge in [0.25, 0.3) is 0 Å². The molecular formula is C20H27N3O6. The molecule has 158 valence electrons. The number of carbonyl (C=O) groups is 2. The lowest BCUT2D eigenvalue weighted by atomic mass is 10.0. The molecule has 3 rings (SSSR count). The first-order valence-electron chi connectivity index (χ1n) is 9.61. The van der Waals surface area contributed by atoms with E-state index in [9.17, 15) is 14.7 Å². The Kier molecular flexibility index (Phi) is 7.45. The van der Waals surface area contributed by atoms with Crippen molar-refractivity contribution >= 4 is 17.6 Å². The van der Waals surface area contributed by atoms with Gasteiger partial charge in [-0.15, -0.1) is 0 Å². The summed E-state index contributed by atoms with van der Waals surface area (Å²) in [7, 11) is 1.55. The van der Waals surface area contributed by atoms with Crippen LogP contribution in [0.5, 0.6) is 5.75 Å². The van der Waals surface area contributed by atoms with Crippen LogP contribution < -0.4 is 15.4 Å². The predicted octanol–water partition coefficient (Wildman–Crippen LogP) is 0.750. The van der Waals surface area contributed by atoms with Crippen LogP contribution in [0.25, 0.3) is 0 Å². The highest BCUT2D eigenvalue weighted by molar-refractivity contribution is 5.89. The number of ether oxygens (including phenoxy) is 3. The van der Waals surface area contributed by atoms with Crippen LogP contribution in [-0.4, -0.2) is 80.2 Å². The fourth-order valence-corrected chi connectivity index (χ4v) is 3.27. The van der Waals surface area contributed by atoms with Crippen molar-refractivity contribution in [2.75, 3.05) is 45.3 Å². The van der Waals surface area contributed by atoms with E-state index in [4.69, 9.17) is 14.2 Å². The number of urea groups is 1. The van der Waals surface area contributed by atoms with E-state index >= 15 is 0 Å². The van der Waals surface area contributed by atoms with Gasteiger partial charge in [-0.3, -0.25) is 4.79 Å². The van der Waals surface area contributed by atoms with Crippen LogP contribution in [0.1, 0.15) is 6.42 Å². The van der Waals surface area contributed by atoms with Crippen molar-refractivity contribution in [2.24, 2.45) is 0 Å². The van der Waals surface area contributed by atoms with E-state index in [-0.39, 0.29) is 18.9 Å². The molecule has 0 saturated carbocycles. The second-order valence-corrected chi connectivity index (χ2v) is 6.83. The molecule has 2 heterocycles. The number of aliphatic hydroxyl groups excluding tert-OH is 1. The molecule has 9 heteroatoms. The van der Waals surface area contributed by atoms with Gasteiger partial charge in [-0.05, 0) is 12.1 Å². The van der Waals surface area contributed by atoms with Gasteiger partial charge >= 0.3 is 6.03 Å². The lowest BCUT2D eigenvalue weighted by molar-refractivity contribution is -0.139. The van der Waals surface area contributed by atoms with Crippen molar-refractivity contribution in [1.82, 2.24) is 10.2 Å². The SMILES string of the molecule is COc1cccc(NC(=O)N[C@@H]2C=C[C@@H](CC(=O)N3CCOCC3)O[C@@H]2CO)c1. The molecule has 1 aromatic carbocycles. The zero-order valence-corrected chi connectivity index (χ0v) is 16.4. The average molecular weight is 405 g/mol. The molecule has 0 aromatic heterocycles. The molecule has 0 bridgehead atoms. The molecule has 29 heavy (non-hydrogen) atoms. The first kappa shape index (κ1) is 21.1. The molecule has 2 aliphatic heterocycles. The lowest BCUT2D eigenvalue weighted by Crippen LogP contribution is -2.50. The van der Waals surface area contributed by atoms with Gasteiger partial charge in [0, 0.05) is 24.8 Å². The Bertz CT molecular complexity index is 735. The number of methoxy groups -OCH3 is 1. The van der Waals surface area contributed by atoms with Crippen molar-refractivity contribution in [3.05, 3.63) is 36.4 Å². The minimum Gasteiger partial charge on any atom is -0.497 e. The Morgan fingerprint density at radius 2 is 2.07 bits per heavy atom. The highest BCUT2D eigenvalue weighted by Gasteiger charge is 2.30. The summed E-state index contributed by atoms with van der Waals surface area (Å²) in [5.41, 5.74) is 0.581. The Hall–Kier alpha value is -2.62. The summed E-state index contributed by atoms with van der Waals surface area (Å²) in [4.78, 5) is 26.4. The highest BCUT2D eigenvalue weighted by atomic mass is 16.5. The number of morpholine rings is 1. The summed E-state index contributed by atoms with van der Waals surface area (Å²) in [6.45, 7) is 1.96. The first-order chi connectivity index (χ1) is 14.1. The molecule has 9 nitrogen and oxygen atoms in total. The predicted molar refractivity (Wildman–Crippen MR) is 106 cm³/mol. The van der Waals surface area contributed by atoms with Gasteiger partial charge in [0.05, 0.1) is 45.5 Å². The lowest BCUT2D eigenvalue weighted by Gasteiger charge is -2.33. The zero-order valence-electron chi connectivity index (χ0n) is 16.4. The molecule has 1 fully saturated rings. The molecule has 0 spiro atoms. The van der Waals surface area contributed by atoms with Gasteiger partial charge in [-0.2, -0.15) is 0 Å². The molecule has 3 atom stereocenters. The maximum Gasteiger partial charge on any atom is 0.319 e. The standard InChI is InChI=1S/C20H27N3O6/c1-27-15-4-2-3-14(11-15)21-20(26)22-17-6-5-16(29-18(17)13-24)12-19(25)23-7-9-28-10-8-23/h2-6,11,16-18,24H,7-10,12-13H2,1H3,(H2,21,22,26)/t16-,17+,18+/m0/s1. The number of hydrogen-bond acceptors (Lipinski definition) is 6. The maximum atomic E-state index is 12.4. The number of aliphatic hydroxyl groups is 1. The Morgan fingerprint density at radius 1 is 1.28 bits per heavy atom. The summed E-state index contributed by atoms with van der Waals surface area (Å²) in [5.74, 6) is 0.617. The van der Waals surface area contributed by atoms with Gasteiger partial charge in [0.2, 0.25) is 5.91 Å². The minimum absolute atomic E-state index is 0.0122. The number of rotatable bonds is 6. The van der Waals surface area contributed by atoms with E-state index in [1.807, 2.05) is 0 Å². The van der Waals surface area contributed by atoms with E-state index in [1.165, 1.54) is 0 Å². The van der Waals surface area contributed by atoms with Gasteiger partial charge in [0.1, 0.15) is 11.9 Å². The molecule has 0 aliphatic carbocycles. The highest BCUT2D eigenvalue weighted by Crippen LogP contribution is 2.19.